The van der Waals surface area contributed by atoms with Gasteiger partial charge in [-0.1, -0.05) is 18.2 Å². The van der Waals surface area contributed by atoms with Crippen molar-refractivity contribution in [3.63, 3.8) is 0 Å². The van der Waals surface area contributed by atoms with E-state index in [2.05, 4.69) is 11.4 Å². The highest BCUT2D eigenvalue weighted by Gasteiger charge is 2.22. The predicted octanol–water partition coefficient (Wildman–Crippen LogP) is 3.91. The van der Waals surface area contributed by atoms with E-state index < -0.39 is 0 Å². The van der Waals surface area contributed by atoms with Crippen molar-refractivity contribution >= 4 is 35.1 Å². The minimum Gasteiger partial charge on any atom is -0.483 e. The molecular weight excluding hydrogens is 358 g/mol. The maximum atomic E-state index is 12.2. The number of hydrogen-bond acceptors (Lipinski definition) is 6. The molecule has 1 amide bonds. The molecule has 2 aromatic carbocycles. The molecule has 130 valence electrons. The van der Waals surface area contributed by atoms with Gasteiger partial charge in [0.25, 0.3) is 5.91 Å². The lowest BCUT2D eigenvalue weighted by molar-refractivity contribution is -0.118. The molecule has 4 rings (SSSR count). The summed E-state index contributed by atoms with van der Waals surface area (Å²) in [6, 6.07) is 13.2. The Morgan fingerprint density at radius 1 is 1.12 bits per heavy atom. The van der Waals surface area contributed by atoms with E-state index in [0.717, 1.165) is 22.8 Å². The Hall–Kier alpha value is -1.99. The fourth-order valence-corrected chi connectivity index (χ4v) is 5.57. The topological polar surface area (TPSA) is 56.8 Å². The molecule has 5 nitrogen and oxygen atoms in total. The smallest absolute Gasteiger partial charge is 0.262 e. The second kappa shape index (κ2) is 7.49. The van der Waals surface area contributed by atoms with E-state index in [1.807, 2.05) is 41.7 Å². The molecular formula is C18H17NO4S2. The van der Waals surface area contributed by atoms with E-state index in [1.165, 1.54) is 0 Å². The minimum atomic E-state index is -0.208. The normalized spacial score (nSPS) is 16.0. The van der Waals surface area contributed by atoms with Crippen molar-refractivity contribution < 1.29 is 19.0 Å². The second-order valence-electron chi connectivity index (χ2n) is 5.52. The number of nitrogens with one attached hydrogen (secondary N) is 1. The van der Waals surface area contributed by atoms with E-state index >= 15 is 0 Å². The van der Waals surface area contributed by atoms with Gasteiger partial charge in [0.2, 0.25) is 6.79 Å². The van der Waals surface area contributed by atoms with Crippen molar-refractivity contribution in [2.75, 3.05) is 30.2 Å². The van der Waals surface area contributed by atoms with Gasteiger partial charge >= 0.3 is 0 Å². The summed E-state index contributed by atoms with van der Waals surface area (Å²) in [6.07, 6.45) is 0. The maximum Gasteiger partial charge on any atom is 0.262 e. The van der Waals surface area contributed by atoms with E-state index in [4.69, 9.17) is 14.2 Å². The van der Waals surface area contributed by atoms with Crippen LogP contribution in [-0.2, 0) is 4.79 Å². The lowest BCUT2D eigenvalue weighted by atomic mass is 10.2. The number of rotatable bonds is 5. The number of anilines is 1. The molecule has 1 N–H and O–H groups in total. The van der Waals surface area contributed by atoms with Crippen LogP contribution in [0.25, 0.3) is 0 Å². The van der Waals surface area contributed by atoms with Gasteiger partial charge in [-0.3, -0.25) is 4.79 Å². The third kappa shape index (κ3) is 3.82. The first-order valence-electron chi connectivity index (χ1n) is 7.94. The Morgan fingerprint density at radius 2 is 1.92 bits per heavy atom. The molecule has 2 aromatic rings. The fourth-order valence-electron chi connectivity index (χ4n) is 2.66. The molecule has 0 bridgehead atoms. The molecule has 0 unspecified atom stereocenters. The van der Waals surface area contributed by atoms with Gasteiger partial charge in [0.1, 0.15) is 5.75 Å². The van der Waals surface area contributed by atoms with Gasteiger partial charge in [0, 0.05) is 28.8 Å². The summed E-state index contributed by atoms with van der Waals surface area (Å²) in [5.41, 5.74) is 1.80. The Morgan fingerprint density at radius 3 is 2.80 bits per heavy atom. The summed E-state index contributed by atoms with van der Waals surface area (Å²) >= 11 is 3.83. The molecule has 1 saturated heterocycles. The highest BCUT2D eigenvalue weighted by atomic mass is 32.2. The van der Waals surface area contributed by atoms with Crippen LogP contribution in [0.4, 0.5) is 5.69 Å². The largest absolute Gasteiger partial charge is 0.483 e. The van der Waals surface area contributed by atoms with Crippen LogP contribution in [-0.4, -0.2) is 30.8 Å². The number of hydrogen-bond donors (Lipinski definition) is 1. The Kier molecular flexibility index (Phi) is 4.94. The zero-order valence-electron chi connectivity index (χ0n) is 13.4. The number of benzene rings is 2. The van der Waals surface area contributed by atoms with E-state index in [9.17, 15) is 4.79 Å². The number of amides is 1. The summed E-state index contributed by atoms with van der Waals surface area (Å²) in [5, 5.41) is 2.82. The highest BCUT2D eigenvalue weighted by molar-refractivity contribution is 8.19. The predicted molar refractivity (Wildman–Crippen MR) is 101 cm³/mol. The summed E-state index contributed by atoms with van der Waals surface area (Å²) in [7, 11) is 0. The van der Waals surface area contributed by atoms with Crippen molar-refractivity contribution in [1.29, 1.82) is 0 Å². The molecule has 25 heavy (non-hydrogen) atoms. The lowest BCUT2D eigenvalue weighted by Gasteiger charge is -2.15. The Bertz CT molecular complexity index is 777. The van der Waals surface area contributed by atoms with Crippen molar-refractivity contribution in [1.82, 2.24) is 0 Å². The van der Waals surface area contributed by atoms with Gasteiger partial charge in [-0.25, -0.2) is 0 Å². The lowest BCUT2D eigenvalue weighted by Crippen LogP contribution is -2.20. The van der Waals surface area contributed by atoms with E-state index in [1.54, 1.807) is 18.2 Å². The molecule has 2 aliphatic heterocycles. The first-order chi connectivity index (χ1) is 12.3. The summed E-state index contributed by atoms with van der Waals surface area (Å²) in [4.78, 5) is 12.2. The quantitative estimate of drug-likeness (QED) is 0.855. The minimum absolute atomic E-state index is 0.0342. The van der Waals surface area contributed by atoms with Crippen LogP contribution in [0, 0.1) is 0 Å². The summed E-state index contributed by atoms with van der Waals surface area (Å²) < 4.78 is 16.7. The molecule has 0 aromatic heterocycles. The van der Waals surface area contributed by atoms with E-state index in [-0.39, 0.29) is 19.3 Å². The third-order valence-electron chi connectivity index (χ3n) is 3.81. The first-order valence-corrected chi connectivity index (χ1v) is 10.0. The molecule has 0 radical (unpaired) electrons. The standard InChI is InChI=1S/C18H17NO4S2/c20-17(19-12-5-6-15-16(9-12)23-11-22-15)10-21-14-4-2-1-3-13(14)18-24-7-8-25-18/h1-6,9,18H,7-8,10-11H2,(H,19,20). The third-order valence-corrected chi connectivity index (χ3v) is 6.88. The molecule has 0 spiro atoms. The van der Waals surface area contributed by atoms with Crippen LogP contribution in [0.15, 0.2) is 42.5 Å². The van der Waals surface area contributed by atoms with Crippen molar-refractivity contribution in [2.45, 2.75) is 4.58 Å². The van der Waals surface area contributed by atoms with Crippen LogP contribution in [0.3, 0.4) is 0 Å². The van der Waals surface area contributed by atoms with Crippen LogP contribution < -0.4 is 19.5 Å². The van der Waals surface area contributed by atoms with Crippen LogP contribution in [0.2, 0.25) is 0 Å². The monoisotopic (exact) mass is 375 g/mol. The fraction of sp³-hybridized carbons (Fsp3) is 0.278. The summed E-state index contributed by atoms with van der Waals surface area (Å²) in [5.74, 6) is 4.19. The Balaban J connectivity index is 1.37. The molecule has 2 aliphatic rings. The average Bonchev–Trinajstić information content (AvgIpc) is 3.31. The molecule has 0 atom stereocenters. The number of fused-ring (bicyclic) bond motifs is 1. The van der Waals surface area contributed by atoms with Gasteiger partial charge < -0.3 is 19.5 Å². The zero-order chi connectivity index (χ0) is 17.1. The van der Waals surface area contributed by atoms with Crippen molar-refractivity contribution in [3.8, 4) is 17.2 Å². The molecule has 0 saturated carbocycles. The van der Waals surface area contributed by atoms with Crippen molar-refractivity contribution in [2.24, 2.45) is 0 Å². The first kappa shape index (κ1) is 16.5. The second-order valence-corrected chi connectivity index (χ2v) is 8.24. The van der Waals surface area contributed by atoms with E-state index in [0.29, 0.717) is 21.8 Å². The molecule has 7 heteroatoms. The number of thioether (sulfide) groups is 2. The zero-order valence-corrected chi connectivity index (χ0v) is 15.0. The van der Waals surface area contributed by atoms with Gasteiger partial charge in [-0.05, 0) is 18.2 Å². The number of ether oxygens (including phenoxy) is 3. The van der Waals surface area contributed by atoms with Gasteiger partial charge in [-0.15, -0.1) is 23.5 Å². The van der Waals surface area contributed by atoms with Crippen LogP contribution in [0.5, 0.6) is 17.2 Å². The van der Waals surface area contributed by atoms with Gasteiger partial charge in [0.05, 0.1) is 4.58 Å². The number of carbonyl (C=O) groups excluding carboxylic acids is 1. The Labute approximate surface area is 154 Å². The van der Waals surface area contributed by atoms with Gasteiger partial charge in [-0.2, -0.15) is 0 Å². The molecule has 1 fully saturated rings. The molecule has 0 aliphatic carbocycles. The van der Waals surface area contributed by atoms with Crippen molar-refractivity contribution in [3.05, 3.63) is 48.0 Å². The van der Waals surface area contributed by atoms with Crippen LogP contribution >= 0.6 is 23.5 Å². The highest BCUT2D eigenvalue weighted by Crippen LogP contribution is 2.48. The van der Waals surface area contributed by atoms with Gasteiger partial charge in [0.15, 0.2) is 18.1 Å². The number of para-hydroxylation sites is 1. The average molecular weight is 375 g/mol. The number of carbonyl (C=O) groups is 1. The van der Waals surface area contributed by atoms with Crippen LogP contribution in [0.1, 0.15) is 10.1 Å². The maximum absolute atomic E-state index is 12.2. The summed E-state index contributed by atoms with van der Waals surface area (Å²) in [6.45, 7) is 0.178. The molecule has 2 heterocycles. The SMILES string of the molecule is O=C(COc1ccccc1C1SCCS1)Nc1ccc2c(c1)OCO2.